The topological polar surface area (TPSA) is 189 Å². The Hall–Kier alpha value is -3.15. The first-order chi connectivity index (χ1) is 27.5. The van der Waals surface area contributed by atoms with Gasteiger partial charge in [0.1, 0.15) is 12.6 Å². The van der Waals surface area contributed by atoms with Crippen molar-refractivity contribution in [2.45, 2.75) is 174 Å². The molecule has 0 saturated heterocycles. The molecule has 1 unspecified atom stereocenters. The van der Waals surface area contributed by atoms with E-state index in [-0.39, 0.29) is 18.6 Å². The minimum absolute atomic E-state index is 0.0696. The van der Waals surface area contributed by atoms with Gasteiger partial charge in [-0.15, -0.1) is 0 Å². The molecule has 0 heterocycles. The lowest BCUT2D eigenvalue weighted by molar-refractivity contribution is -0.161. The molecule has 0 radical (unpaired) electrons. The number of nitrogens with two attached hydrogens (primary N) is 1. The fourth-order valence-corrected chi connectivity index (χ4v) is 6.06. The Morgan fingerprint density at radius 1 is 0.596 bits per heavy atom. The maximum Gasteiger partial charge on any atom is 0.472 e. The maximum atomic E-state index is 12.6. The number of ketones is 1. The van der Waals surface area contributed by atoms with Crippen LogP contribution in [0.15, 0.2) is 60.8 Å². The van der Waals surface area contributed by atoms with Crippen molar-refractivity contribution >= 4 is 31.5 Å². The van der Waals surface area contributed by atoms with Crippen molar-refractivity contribution < 1.29 is 52.3 Å². The van der Waals surface area contributed by atoms with Crippen LogP contribution in [0.25, 0.3) is 0 Å². The van der Waals surface area contributed by atoms with Crippen LogP contribution in [0.2, 0.25) is 0 Å². The molecule has 0 aliphatic rings. The van der Waals surface area contributed by atoms with E-state index in [2.05, 4.69) is 60.9 Å². The standard InChI is InChI=1S/C44H74NO11P/c1-3-5-7-9-11-12-13-14-15-16-17-18-19-20-22-26-30-34-42(47)53-36-40(37-54-57(51,52)55-38-41(45)44(49)50)56-43(48)35-31-27-23-25-29-33-39(46)32-28-24-21-10-8-6-4-2/h11-12,14-15,17-18,21,24,28,32,40-41H,3-10,13,16,19-20,22-23,25-27,29-31,33-38,45H2,1-2H3,(H,49,50)(H,51,52)/b12-11-,15-14-,18-17-,24-21-,32-28+/t40-,41+/m1/s1. The van der Waals surface area contributed by atoms with Gasteiger partial charge in [0, 0.05) is 19.3 Å². The largest absolute Gasteiger partial charge is 0.480 e. The molecule has 12 nitrogen and oxygen atoms in total. The van der Waals surface area contributed by atoms with Crippen molar-refractivity contribution in [3.8, 4) is 0 Å². The molecule has 4 N–H and O–H groups in total. The average Bonchev–Trinajstić information content (AvgIpc) is 3.18. The fraction of sp³-hybridized carbons (Fsp3) is 0.682. The Morgan fingerprint density at radius 2 is 1.09 bits per heavy atom. The Morgan fingerprint density at radius 3 is 1.68 bits per heavy atom. The van der Waals surface area contributed by atoms with Gasteiger partial charge >= 0.3 is 25.7 Å². The van der Waals surface area contributed by atoms with Crippen molar-refractivity contribution in [3.63, 3.8) is 0 Å². The number of carbonyl (C=O) groups is 4. The summed E-state index contributed by atoms with van der Waals surface area (Å²) in [6.07, 6.45) is 39.6. The number of aliphatic carboxylic acids is 1. The zero-order valence-electron chi connectivity index (χ0n) is 34.9. The van der Waals surface area contributed by atoms with Gasteiger partial charge in [0.2, 0.25) is 0 Å². The van der Waals surface area contributed by atoms with Gasteiger partial charge in [0.25, 0.3) is 0 Å². The number of hydrogen-bond acceptors (Lipinski definition) is 10. The highest BCUT2D eigenvalue weighted by Crippen LogP contribution is 2.43. The molecule has 57 heavy (non-hydrogen) atoms. The van der Waals surface area contributed by atoms with E-state index in [1.54, 1.807) is 12.2 Å². The van der Waals surface area contributed by atoms with Gasteiger partial charge in [-0.2, -0.15) is 0 Å². The van der Waals surface area contributed by atoms with E-state index < -0.39 is 57.7 Å². The van der Waals surface area contributed by atoms with Crippen LogP contribution in [-0.4, -0.2) is 65.7 Å². The van der Waals surface area contributed by atoms with Crippen LogP contribution in [0.1, 0.15) is 162 Å². The number of carbonyl (C=O) groups excluding carboxylic acids is 3. The first-order valence-electron chi connectivity index (χ1n) is 21.3. The minimum Gasteiger partial charge on any atom is -0.480 e. The SMILES string of the molecule is CCCCC/C=C\C=C\C(=O)CCCCCCCC(=O)O[C@H](COC(=O)CCCCCC/C=C\C/C=C\C/C=C\CCCCC)COP(=O)(O)OC[C@H](N)C(=O)O. The maximum absolute atomic E-state index is 12.6. The highest BCUT2D eigenvalue weighted by Gasteiger charge is 2.28. The number of ether oxygens (including phenoxy) is 2. The highest BCUT2D eigenvalue weighted by molar-refractivity contribution is 7.47. The van der Waals surface area contributed by atoms with Crippen LogP contribution < -0.4 is 5.73 Å². The van der Waals surface area contributed by atoms with E-state index in [1.807, 2.05) is 6.08 Å². The molecular formula is C44H74NO11P. The molecule has 0 aliphatic carbocycles. The molecule has 0 fully saturated rings. The Bertz CT molecular complexity index is 1260. The number of carboxylic acids is 1. The second-order valence-electron chi connectivity index (χ2n) is 14.2. The molecule has 13 heteroatoms. The lowest BCUT2D eigenvalue weighted by Gasteiger charge is -2.20. The zero-order valence-corrected chi connectivity index (χ0v) is 35.8. The van der Waals surface area contributed by atoms with Crippen LogP contribution in [-0.2, 0) is 42.3 Å². The molecule has 0 aromatic heterocycles. The van der Waals surface area contributed by atoms with E-state index in [0.717, 1.165) is 83.5 Å². The monoisotopic (exact) mass is 823 g/mol. The number of allylic oxidation sites excluding steroid dienone is 10. The summed E-state index contributed by atoms with van der Waals surface area (Å²) in [5.41, 5.74) is 5.32. The molecule has 0 aromatic carbocycles. The van der Waals surface area contributed by atoms with Crippen molar-refractivity contribution in [3.05, 3.63) is 60.8 Å². The summed E-state index contributed by atoms with van der Waals surface area (Å²) in [5, 5.41) is 8.88. The number of rotatable bonds is 39. The quantitative estimate of drug-likeness (QED) is 0.0133. The van der Waals surface area contributed by atoms with Crippen molar-refractivity contribution in [2.24, 2.45) is 5.73 Å². The van der Waals surface area contributed by atoms with Crippen molar-refractivity contribution in [2.75, 3.05) is 19.8 Å². The normalized spacial score (nSPS) is 14.2. The molecule has 0 bridgehead atoms. The Balaban J connectivity index is 4.52. The third-order valence-corrected chi connectivity index (χ3v) is 9.67. The summed E-state index contributed by atoms with van der Waals surface area (Å²) >= 11 is 0. The second-order valence-corrected chi connectivity index (χ2v) is 15.6. The van der Waals surface area contributed by atoms with E-state index in [4.69, 9.17) is 24.8 Å². The van der Waals surface area contributed by atoms with Gasteiger partial charge in [0.05, 0.1) is 13.2 Å². The van der Waals surface area contributed by atoms with Gasteiger partial charge in [-0.05, 0) is 76.7 Å². The van der Waals surface area contributed by atoms with Gasteiger partial charge in [-0.3, -0.25) is 28.2 Å². The number of hydrogen-bond donors (Lipinski definition) is 3. The number of phosphoric acid groups is 1. The zero-order chi connectivity index (χ0) is 42.2. The van der Waals surface area contributed by atoms with Crippen molar-refractivity contribution in [1.82, 2.24) is 0 Å². The summed E-state index contributed by atoms with van der Waals surface area (Å²) in [7, 11) is -4.75. The van der Waals surface area contributed by atoms with E-state index in [9.17, 15) is 28.6 Å². The summed E-state index contributed by atoms with van der Waals surface area (Å²) in [6, 6.07) is -1.55. The molecule has 0 rings (SSSR count). The predicted molar refractivity (Wildman–Crippen MR) is 226 cm³/mol. The summed E-state index contributed by atoms with van der Waals surface area (Å²) in [4.78, 5) is 57.9. The van der Waals surface area contributed by atoms with Gasteiger partial charge in [-0.1, -0.05) is 126 Å². The van der Waals surface area contributed by atoms with Crippen LogP contribution in [0.5, 0.6) is 0 Å². The lowest BCUT2D eigenvalue weighted by atomic mass is 10.1. The molecule has 0 aromatic rings. The molecule has 326 valence electrons. The number of carboxylic acid groups (broad SMARTS) is 1. The Kier molecular flexibility index (Phi) is 36.3. The molecule has 3 atom stereocenters. The van der Waals surface area contributed by atoms with Gasteiger partial charge < -0.3 is 25.2 Å². The molecule has 0 spiro atoms. The van der Waals surface area contributed by atoms with Crippen LogP contribution >= 0.6 is 7.82 Å². The predicted octanol–water partition coefficient (Wildman–Crippen LogP) is 10.3. The lowest BCUT2D eigenvalue weighted by Crippen LogP contribution is -2.34. The fourth-order valence-electron chi connectivity index (χ4n) is 5.29. The first kappa shape index (κ1) is 53.9. The molecular weight excluding hydrogens is 749 g/mol. The van der Waals surface area contributed by atoms with E-state index >= 15 is 0 Å². The third kappa shape index (κ3) is 38.2. The van der Waals surface area contributed by atoms with Crippen molar-refractivity contribution in [1.29, 1.82) is 0 Å². The smallest absolute Gasteiger partial charge is 0.472 e. The second kappa shape index (κ2) is 38.4. The summed E-state index contributed by atoms with van der Waals surface area (Å²) in [5.74, 6) is -2.44. The average molecular weight is 824 g/mol. The van der Waals surface area contributed by atoms with Crippen LogP contribution in [0.3, 0.4) is 0 Å². The molecule has 0 aliphatic heterocycles. The van der Waals surface area contributed by atoms with Crippen LogP contribution in [0, 0.1) is 0 Å². The van der Waals surface area contributed by atoms with Gasteiger partial charge in [0.15, 0.2) is 11.9 Å². The Labute approximate surface area is 343 Å². The number of phosphoric ester groups is 1. The first-order valence-corrected chi connectivity index (χ1v) is 22.8. The van der Waals surface area contributed by atoms with E-state index in [0.29, 0.717) is 19.3 Å². The highest BCUT2D eigenvalue weighted by atomic mass is 31.2. The molecule has 0 amide bonds. The summed E-state index contributed by atoms with van der Waals surface area (Å²) < 4.78 is 32.6. The van der Waals surface area contributed by atoms with Crippen LogP contribution in [0.4, 0.5) is 0 Å². The number of unbranched alkanes of at least 4 members (excludes halogenated alkanes) is 14. The third-order valence-electron chi connectivity index (χ3n) is 8.71. The minimum atomic E-state index is -4.75. The summed E-state index contributed by atoms with van der Waals surface area (Å²) in [6.45, 7) is 2.56. The van der Waals surface area contributed by atoms with Gasteiger partial charge in [-0.25, -0.2) is 4.57 Å². The molecule has 0 saturated carbocycles. The number of esters is 2. The van der Waals surface area contributed by atoms with E-state index in [1.165, 1.54) is 32.1 Å².